The molecule has 168 valence electrons. The third-order valence-corrected chi connectivity index (χ3v) is 5.92. The highest BCUT2D eigenvalue weighted by Gasteiger charge is 2.18. The second-order valence-corrected chi connectivity index (χ2v) is 8.19. The number of carbonyl (C=O) groups is 1. The molecule has 0 radical (unpaired) electrons. The standard InChI is InChI=1S/C22H25N5O4S/c1-5-16-6-9-18(10-7-16)31-15(3)21-24-25-22(26(21)4)32-13-20(28)23-19-11-8-17(27(29)30)12-14(19)2/h6-12,15H,5,13H2,1-4H3,(H,23,28)/t15-/m1/s1. The zero-order chi connectivity index (χ0) is 23.3. The summed E-state index contributed by atoms with van der Waals surface area (Å²) in [7, 11) is 1.83. The SMILES string of the molecule is CCc1ccc(O[C@H](C)c2nnc(SCC(=O)Nc3ccc([N+](=O)[O-])cc3C)n2C)cc1. The van der Waals surface area contributed by atoms with Crippen molar-refractivity contribution in [1.82, 2.24) is 14.8 Å². The third-order valence-electron chi connectivity index (χ3n) is 4.90. The lowest BCUT2D eigenvalue weighted by atomic mass is 10.2. The quantitative estimate of drug-likeness (QED) is 0.288. The van der Waals surface area contributed by atoms with Crippen LogP contribution in [0.5, 0.6) is 5.75 Å². The summed E-state index contributed by atoms with van der Waals surface area (Å²) in [5.74, 6) is 1.29. The predicted octanol–water partition coefficient (Wildman–Crippen LogP) is 4.46. The van der Waals surface area contributed by atoms with Crippen LogP contribution < -0.4 is 10.1 Å². The molecular formula is C22H25N5O4S. The number of carbonyl (C=O) groups excluding carboxylic acids is 1. The van der Waals surface area contributed by atoms with E-state index in [1.165, 1.54) is 35.5 Å². The Morgan fingerprint density at radius 3 is 2.59 bits per heavy atom. The number of ether oxygens (including phenoxy) is 1. The number of benzene rings is 2. The van der Waals surface area contributed by atoms with E-state index < -0.39 is 4.92 Å². The van der Waals surface area contributed by atoms with Gasteiger partial charge in [-0.05, 0) is 49.6 Å². The molecule has 32 heavy (non-hydrogen) atoms. The molecule has 1 heterocycles. The van der Waals surface area contributed by atoms with Crippen LogP contribution in [0.25, 0.3) is 0 Å². The number of nitro benzene ring substituents is 1. The number of nitrogens with one attached hydrogen (secondary N) is 1. The van der Waals surface area contributed by atoms with Crippen LogP contribution in [-0.2, 0) is 18.3 Å². The normalized spacial score (nSPS) is 11.8. The Labute approximate surface area is 190 Å². The number of rotatable bonds is 9. The minimum atomic E-state index is -0.467. The summed E-state index contributed by atoms with van der Waals surface area (Å²) in [6.07, 6.45) is 0.655. The molecular weight excluding hydrogens is 430 g/mol. The van der Waals surface area contributed by atoms with Crippen molar-refractivity contribution in [3.05, 3.63) is 69.5 Å². The highest BCUT2D eigenvalue weighted by Crippen LogP contribution is 2.25. The first kappa shape index (κ1) is 23.3. The Kier molecular flexibility index (Phi) is 7.47. The van der Waals surface area contributed by atoms with Crippen molar-refractivity contribution in [2.45, 2.75) is 38.5 Å². The van der Waals surface area contributed by atoms with Crippen LogP contribution in [0.3, 0.4) is 0 Å². The Morgan fingerprint density at radius 2 is 1.97 bits per heavy atom. The summed E-state index contributed by atoms with van der Waals surface area (Å²) in [5, 5.41) is 22.6. The zero-order valence-electron chi connectivity index (χ0n) is 18.4. The Balaban J connectivity index is 1.58. The number of hydrogen-bond acceptors (Lipinski definition) is 7. The number of non-ortho nitro benzene ring substituents is 1. The first-order valence-corrected chi connectivity index (χ1v) is 11.1. The molecule has 9 nitrogen and oxygen atoms in total. The number of hydrogen-bond donors (Lipinski definition) is 1. The lowest BCUT2D eigenvalue weighted by Crippen LogP contribution is -2.15. The molecule has 10 heteroatoms. The Morgan fingerprint density at radius 1 is 1.25 bits per heavy atom. The van der Waals surface area contributed by atoms with Gasteiger partial charge in [-0.1, -0.05) is 30.8 Å². The van der Waals surface area contributed by atoms with Gasteiger partial charge >= 0.3 is 0 Å². The first-order chi connectivity index (χ1) is 15.3. The monoisotopic (exact) mass is 455 g/mol. The van der Waals surface area contributed by atoms with Crippen LogP contribution in [0.2, 0.25) is 0 Å². The van der Waals surface area contributed by atoms with Crippen LogP contribution >= 0.6 is 11.8 Å². The van der Waals surface area contributed by atoms with Gasteiger partial charge in [-0.25, -0.2) is 0 Å². The Bertz CT molecular complexity index is 1110. The van der Waals surface area contributed by atoms with Gasteiger partial charge in [0.15, 0.2) is 17.1 Å². The maximum absolute atomic E-state index is 12.4. The van der Waals surface area contributed by atoms with Crippen molar-refractivity contribution in [3.8, 4) is 5.75 Å². The molecule has 2 aromatic carbocycles. The van der Waals surface area contributed by atoms with E-state index in [0.29, 0.717) is 22.2 Å². The molecule has 0 saturated heterocycles. The number of thioether (sulfide) groups is 1. The molecule has 0 fully saturated rings. The number of nitro groups is 1. The predicted molar refractivity (Wildman–Crippen MR) is 123 cm³/mol. The molecule has 0 spiro atoms. The minimum Gasteiger partial charge on any atom is -0.483 e. The highest BCUT2D eigenvalue weighted by atomic mass is 32.2. The topological polar surface area (TPSA) is 112 Å². The van der Waals surface area contributed by atoms with Crippen molar-refractivity contribution in [3.63, 3.8) is 0 Å². The fourth-order valence-corrected chi connectivity index (χ4v) is 3.80. The molecule has 1 amide bonds. The maximum Gasteiger partial charge on any atom is 0.269 e. The molecule has 1 N–H and O–H groups in total. The molecule has 0 saturated carbocycles. The van der Waals surface area contributed by atoms with Gasteiger partial charge in [0.1, 0.15) is 5.75 Å². The second kappa shape index (κ2) is 10.3. The maximum atomic E-state index is 12.4. The first-order valence-electron chi connectivity index (χ1n) is 10.1. The number of aromatic nitrogens is 3. The average molecular weight is 456 g/mol. The lowest BCUT2D eigenvalue weighted by Gasteiger charge is -2.14. The van der Waals surface area contributed by atoms with Gasteiger partial charge in [0, 0.05) is 24.9 Å². The number of amides is 1. The van der Waals surface area contributed by atoms with E-state index in [1.807, 2.05) is 38.2 Å². The van der Waals surface area contributed by atoms with Crippen LogP contribution in [0.1, 0.15) is 36.9 Å². The lowest BCUT2D eigenvalue weighted by molar-refractivity contribution is -0.384. The molecule has 0 aliphatic rings. The zero-order valence-corrected chi connectivity index (χ0v) is 19.2. The van der Waals surface area contributed by atoms with Gasteiger partial charge in [-0.2, -0.15) is 0 Å². The third kappa shape index (κ3) is 5.64. The fourth-order valence-electron chi connectivity index (χ4n) is 3.08. The molecule has 0 aliphatic carbocycles. The van der Waals surface area contributed by atoms with E-state index in [1.54, 1.807) is 11.5 Å². The molecule has 0 unspecified atom stereocenters. The summed E-state index contributed by atoms with van der Waals surface area (Å²) >= 11 is 1.25. The van der Waals surface area contributed by atoms with E-state index in [9.17, 15) is 14.9 Å². The van der Waals surface area contributed by atoms with Crippen LogP contribution in [0.15, 0.2) is 47.6 Å². The molecule has 1 atom stereocenters. The van der Waals surface area contributed by atoms with E-state index in [4.69, 9.17) is 4.74 Å². The molecule has 0 aliphatic heterocycles. The average Bonchev–Trinajstić information content (AvgIpc) is 3.14. The van der Waals surface area contributed by atoms with Crippen molar-refractivity contribution in [2.24, 2.45) is 7.05 Å². The van der Waals surface area contributed by atoms with E-state index in [-0.39, 0.29) is 23.5 Å². The summed E-state index contributed by atoms with van der Waals surface area (Å²) in [6, 6.07) is 12.3. The van der Waals surface area contributed by atoms with Gasteiger partial charge in [0.25, 0.3) is 5.69 Å². The summed E-state index contributed by atoms with van der Waals surface area (Å²) in [6.45, 7) is 5.71. The molecule has 1 aromatic heterocycles. The van der Waals surface area contributed by atoms with Gasteiger partial charge in [0.05, 0.1) is 10.7 Å². The van der Waals surface area contributed by atoms with Gasteiger partial charge in [-0.3, -0.25) is 14.9 Å². The van der Waals surface area contributed by atoms with Gasteiger partial charge in [-0.15, -0.1) is 10.2 Å². The number of anilines is 1. The minimum absolute atomic E-state index is 0.0147. The van der Waals surface area contributed by atoms with Crippen molar-refractivity contribution in [2.75, 3.05) is 11.1 Å². The highest BCUT2D eigenvalue weighted by molar-refractivity contribution is 7.99. The van der Waals surface area contributed by atoms with Crippen molar-refractivity contribution < 1.29 is 14.5 Å². The van der Waals surface area contributed by atoms with E-state index in [0.717, 1.165) is 12.2 Å². The summed E-state index contributed by atoms with van der Waals surface area (Å²) in [4.78, 5) is 22.7. The van der Waals surface area contributed by atoms with Crippen molar-refractivity contribution >= 4 is 29.0 Å². The molecule has 0 bridgehead atoms. The van der Waals surface area contributed by atoms with E-state index in [2.05, 4.69) is 22.4 Å². The van der Waals surface area contributed by atoms with Gasteiger partial charge < -0.3 is 14.6 Å². The Hall–Kier alpha value is -3.40. The molecule has 3 aromatic rings. The van der Waals surface area contributed by atoms with Crippen LogP contribution in [0.4, 0.5) is 11.4 Å². The van der Waals surface area contributed by atoms with Crippen LogP contribution in [-0.4, -0.2) is 31.3 Å². The van der Waals surface area contributed by atoms with Crippen LogP contribution in [0, 0.1) is 17.0 Å². The summed E-state index contributed by atoms with van der Waals surface area (Å²) in [5.41, 5.74) is 2.39. The smallest absolute Gasteiger partial charge is 0.269 e. The number of nitrogens with zero attached hydrogens (tertiary/aromatic N) is 4. The fraction of sp³-hybridized carbons (Fsp3) is 0.318. The molecule has 3 rings (SSSR count). The van der Waals surface area contributed by atoms with Gasteiger partial charge in [0.2, 0.25) is 5.91 Å². The summed E-state index contributed by atoms with van der Waals surface area (Å²) < 4.78 is 7.78. The second-order valence-electron chi connectivity index (χ2n) is 7.25. The largest absolute Gasteiger partial charge is 0.483 e. The number of aryl methyl sites for hydroxylation is 2. The van der Waals surface area contributed by atoms with Crippen molar-refractivity contribution in [1.29, 1.82) is 0 Å². The van der Waals surface area contributed by atoms with E-state index >= 15 is 0 Å².